The van der Waals surface area contributed by atoms with Gasteiger partial charge in [0.2, 0.25) is 0 Å². The van der Waals surface area contributed by atoms with Gasteiger partial charge in [0, 0.05) is 17.0 Å². The van der Waals surface area contributed by atoms with Crippen LogP contribution in [0.25, 0.3) is 22.0 Å². The summed E-state index contributed by atoms with van der Waals surface area (Å²) in [6.45, 7) is 2.06. The Bertz CT molecular complexity index is 692. The van der Waals surface area contributed by atoms with E-state index in [1.54, 1.807) is 0 Å². The van der Waals surface area contributed by atoms with Crippen LogP contribution in [-0.4, -0.2) is 10.1 Å². The highest BCUT2D eigenvalue weighted by atomic mass is 16.3. The summed E-state index contributed by atoms with van der Waals surface area (Å²) in [6, 6.07) is 16.6. The third kappa shape index (κ3) is 1.71. The number of aryl methyl sites for hydroxylation is 1. The number of aliphatic hydroxyl groups is 1. The molecule has 3 rings (SSSR count). The first kappa shape index (κ1) is 11.1. The lowest BCUT2D eigenvalue weighted by molar-refractivity contribution is 0.281. The highest BCUT2D eigenvalue weighted by molar-refractivity contribution is 5.95. The molecule has 1 aromatic heterocycles. The topological polar surface area (TPSA) is 36.0 Å². The predicted molar refractivity (Wildman–Crippen MR) is 74.4 cm³/mol. The number of nitrogens with one attached hydrogen (secondary N) is 1. The molecule has 0 bridgehead atoms. The Kier molecular flexibility index (Phi) is 2.65. The van der Waals surface area contributed by atoms with Crippen molar-refractivity contribution in [2.24, 2.45) is 0 Å². The maximum Gasteiger partial charge on any atom is 0.0699 e. The largest absolute Gasteiger partial charge is 0.392 e. The summed E-state index contributed by atoms with van der Waals surface area (Å²) >= 11 is 0. The Morgan fingerprint density at radius 1 is 1.06 bits per heavy atom. The molecule has 0 radical (unpaired) electrons. The van der Waals surface area contributed by atoms with E-state index in [9.17, 15) is 5.11 Å². The predicted octanol–water partition coefficient (Wildman–Crippen LogP) is 3.64. The first-order valence-electron chi connectivity index (χ1n) is 6.07. The summed E-state index contributed by atoms with van der Waals surface area (Å²) in [5.74, 6) is 0. The molecule has 2 N–H and O–H groups in total. The average Bonchev–Trinajstić information content (AvgIpc) is 2.79. The van der Waals surface area contributed by atoms with Gasteiger partial charge in [-0.15, -0.1) is 0 Å². The molecule has 0 atom stereocenters. The molecule has 0 saturated heterocycles. The van der Waals surface area contributed by atoms with Gasteiger partial charge in [0.05, 0.1) is 6.61 Å². The van der Waals surface area contributed by atoms with Crippen molar-refractivity contribution in [2.75, 3.05) is 0 Å². The van der Waals surface area contributed by atoms with Crippen LogP contribution in [0.2, 0.25) is 0 Å². The molecule has 0 fully saturated rings. The summed E-state index contributed by atoms with van der Waals surface area (Å²) < 4.78 is 0. The number of H-pyrrole nitrogens is 1. The van der Waals surface area contributed by atoms with Crippen LogP contribution in [0.4, 0.5) is 0 Å². The van der Waals surface area contributed by atoms with Gasteiger partial charge in [-0.1, -0.05) is 42.5 Å². The van der Waals surface area contributed by atoms with Gasteiger partial charge < -0.3 is 10.1 Å². The van der Waals surface area contributed by atoms with Crippen LogP contribution in [0.15, 0.2) is 48.5 Å². The molecule has 18 heavy (non-hydrogen) atoms. The van der Waals surface area contributed by atoms with E-state index in [2.05, 4.69) is 41.4 Å². The van der Waals surface area contributed by atoms with Crippen LogP contribution < -0.4 is 0 Å². The van der Waals surface area contributed by atoms with Crippen molar-refractivity contribution < 1.29 is 5.11 Å². The fourth-order valence-electron chi connectivity index (χ4n) is 2.37. The Balaban J connectivity index is 2.24. The Morgan fingerprint density at radius 2 is 1.83 bits per heavy atom. The molecule has 2 heteroatoms. The van der Waals surface area contributed by atoms with Gasteiger partial charge in [0.15, 0.2) is 0 Å². The zero-order valence-corrected chi connectivity index (χ0v) is 10.3. The normalized spacial score (nSPS) is 11.0. The summed E-state index contributed by atoms with van der Waals surface area (Å²) in [5, 5.41) is 11.7. The molecule has 2 nitrogen and oxygen atoms in total. The number of aromatic amines is 1. The Hall–Kier alpha value is -2.06. The molecule has 0 aliphatic rings. The zero-order chi connectivity index (χ0) is 12.5. The summed E-state index contributed by atoms with van der Waals surface area (Å²) in [6.07, 6.45) is 0. The molecule has 0 amide bonds. The van der Waals surface area contributed by atoms with Crippen LogP contribution in [0.3, 0.4) is 0 Å². The van der Waals surface area contributed by atoms with Crippen LogP contribution >= 0.6 is 0 Å². The SMILES string of the molecule is Cc1[nH]c(-c2cccc3ccccc23)cc1CO. The van der Waals surface area contributed by atoms with Crippen molar-refractivity contribution in [3.63, 3.8) is 0 Å². The molecule has 0 spiro atoms. The highest BCUT2D eigenvalue weighted by Gasteiger charge is 2.08. The van der Waals surface area contributed by atoms with E-state index in [4.69, 9.17) is 0 Å². The highest BCUT2D eigenvalue weighted by Crippen LogP contribution is 2.29. The number of aromatic nitrogens is 1. The van der Waals surface area contributed by atoms with Crippen LogP contribution in [0.1, 0.15) is 11.3 Å². The molecule has 0 aliphatic carbocycles. The molecular formula is C16H15NO. The maximum atomic E-state index is 9.27. The number of fused-ring (bicyclic) bond motifs is 1. The molecule has 1 heterocycles. The standard InChI is InChI=1S/C16H15NO/c1-11-13(10-18)9-16(17-11)15-8-4-6-12-5-2-3-7-14(12)15/h2-9,17-18H,10H2,1H3. The van der Waals surface area contributed by atoms with Crippen molar-refractivity contribution in [2.45, 2.75) is 13.5 Å². The number of rotatable bonds is 2. The monoisotopic (exact) mass is 237 g/mol. The summed E-state index contributed by atoms with van der Waals surface area (Å²) in [5.41, 5.74) is 4.22. The number of aliphatic hydroxyl groups excluding tert-OH is 1. The van der Waals surface area contributed by atoms with Crippen molar-refractivity contribution >= 4 is 10.8 Å². The number of hydrogen-bond donors (Lipinski definition) is 2. The second-order valence-electron chi connectivity index (χ2n) is 4.52. The summed E-state index contributed by atoms with van der Waals surface area (Å²) in [4.78, 5) is 3.34. The Labute approximate surface area is 106 Å². The number of benzene rings is 2. The van der Waals surface area contributed by atoms with Crippen molar-refractivity contribution in [3.8, 4) is 11.3 Å². The van der Waals surface area contributed by atoms with E-state index in [0.717, 1.165) is 17.0 Å². The quantitative estimate of drug-likeness (QED) is 0.701. The molecule has 0 unspecified atom stereocenters. The van der Waals surface area contributed by atoms with Gasteiger partial charge in [-0.05, 0) is 29.3 Å². The van der Waals surface area contributed by atoms with E-state index < -0.39 is 0 Å². The van der Waals surface area contributed by atoms with Gasteiger partial charge in [-0.25, -0.2) is 0 Å². The van der Waals surface area contributed by atoms with Gasteiger partial charge in [-0.2, -0.15) is 0 Å². The average molecular weight is 237 g/mol. The Morgan fingerprint density at radius 3 is 2.61 bits per heavy atom. The van der Waals surface area contributed by atoms with Crippen molar-refractivity contribution in [1.29, 1.82) is 0 Å². The third-order valence-electron chi connectivity index (χ3n) is 3.37. The van der Waals surface area contributed by atoms with Crippen LogP contribution in [0.5, 0.6) is 0 Å². The zero-order valence-electron chi connectivity index (χ0n) is 10.3. The lowest BCUT2D eigenvalue weighted by Crippen LogP contribution is -1.81. The lowest BCUT2D eigenvalue weighted by Gasteiger charge is -2.04. The van der Waals surface area contributed by atoms with E-state index in [1.165, 1.54) is 16.3 Å². The van der Waals surface area contributed by atoms with E-state index >= 15 is 0 Å². The van der Waals surface area contributed by atoms with E-state index in [-0.39, 0.29) is 6.61 Å². The van der Waals surface area contributed by atoms with Crippen LogP contribution in [-0.2, 0) is 6.61 Å². The molecule has 90 valence electrons. The first-order valence-corrected chi connectivity index (χ1v) is 6.07. The van der Waals surface area contributed by atoms with Gasteiger partial charge in [0.25, 0.3) is 0 Å². The van der Waals surface area contributed by atoms with Gasteiger partial charge in [0.1, 0.15) is 0 Å². The molecular weight excluding hydrogens is 222 g/mol. The van der Waals surface area contributed by atoms with E-state index in [0.29, 0.717) is 0 Å². The molecule has 0 aliphatic heterocycles. The van der Waals surface area contributed by atoms with Gasteiger partial charge >= 0.3 is 0 Å². The smallest absolute Gasteiger partial charge is 0.0699 e. The molecule has 3 aromatic rings. The first-order chi connectivity index (χ1) is 8.79. The van der Waals surface area contributed by atoms with E-state index in [1.807, 2.05) is 19.1 Å². The third-order valence-corrected chi connectivity index (χ3v) is 3.37. The minimum atomic E-state index is 0.0765. The number of hydrogen-bond acceptors (Lipinski definition) is 1. The molecule has 0 saturated carbocycles. The fourth-order valence-corrected chi connectivity index (χ4v) is 2.37. The second-order valence-corrected chi connectivity index (χ2v) is 4.52. The summed E-state index contributed by atoms with van der Waals surface area (Å²) in [7, 11) is 0. The minimum Gasteiger partial charge on any atom is -0.392 e. The maximum absolute atomic E-state index is 9.27. The van der Waals surface area contributed by atoms with Crippen molar-refractivity contribution in [1.82, 2.24) is 4.98 Å². The fraction of sp³-hybridized carbons (Fsp3) is 0.125. The van der Waals surface area contributed by atoms with Crippen LogP contribution in [0, 0.1) is 6.92 Å². The molecule has 2 aromatic carbocycles. The lowest BCUT2D eigenvalue weighted by atomic mass is 10.0. The van der Waals surface area contributed by atoms with Crippen molar-refractivity contribution in [3.05, 3.63) is 59.8 Å². The van der Waals surface area contributed by atoms with Gasteiger partial charge in [-0.3, -0.25) is 0 Å². The second kappa shape index (κ2) is 4.31. The minimum absolute atomic E-state index is 0.0765.